The van der Waals surface area contributed by atoms with E-state index in [0.29, 0.717) is 11.8 Å². The first kappa shape index (κ1) is 23.7. The molecule has 2 heterocycles. The van der Waals surface area contributed by atoms with Gasteiger partial charge in [-0.1, -0.05) is 6.07 Å². The number of ether oxygens (including phenoxy) is 3. The van der Waals surface area contributed by atoms with Crippen molar-refractivity contribution in [2.45, 2.75) is 32.6 Å². The van der Waals surface area contributed by atoms with Gasteiger partial charge >= 0.3 is 0 Å². The second-order valence-electron chi connectivity index (χ2n) is 8.43. The number of guanidine groups is 1. The molecule has 31 heavy (non-hydrogen) atoms. The largest absolute Gasteiger partial charge is 0.497 e. The molecule has 1 aromatic carbocycles. The number of nitrogens with one attached hydrogen (secondary N) is 2. The average molecular weight is 433 g/mol. The predicted molar refractivity (Wildman–Crippen MR) is 126 cm³/mol. The summed E-state index contributed by atoms with van der Waals surface area (Å²) in [6.45, 7) is 10.2. The first-order chi connectivity index (χ1) is 15.3. The van der Waals surface area contributed by atoms with E-state index in [0.717, 1.165) is 90.1 Å². The van der Waals surface area contributed by atoms with Crippen LogP contribution in [0.4, 0.5) is 5.69 Å². The molecule has 7 heteroatoms. The average Bonchev–Trinajstić information content (AvgIpc) is 3.29. The van der Waals surface area contributed by atoms with Gasteiger partial charge in [0.15, 0.2) is 5.96 Å². The summed E-state index contributed by atoms with van der Waals surface area (Å²) in [7, 11) is 1.72. The standard InChI is InChI=1S/C24H40N4O3/c1-3-25-24(26-11-5-13-31-19-20-9-14-30-15-10-20)27-17-21-8-12-28(18-21)22-6-4-7-23(16-22)29-2/h4,6-7,16,20-21H,3,5,8-15,17-19H2,1-2H3,(H2,25,26,27). The molecule has 1 aromatic rings. The van der Waals surface area contributed by atoms with Crippen molar-refractivity contribution < 1.29 is 14.2 Å². The van der Waals surface area contributed by atoms with Gasteiger partial charge in [0.05, 0.1) is 7.11 Å². The number of rotatable bonds is 11. The molecular formula is C24H40N4O3. The second kappa shape index (κ2) is 13.4. The molecule has 0 aromatic heterocycles. The molecule has 174 valence electrons. The number of hydrogen-bond donors (Lipinski definition) is 2. The fourth-order valence-electron chi connectivity index (χ4n) is 4.13. The van der Waals surface area contributed by atoms with E-state index in [1.165, 1.54) is 12.1 Å². The highest BCUT2D eigenvalue weighted by molar-refractivity contribution is 5.79. The number of hydrogen-bond acceptors (Lipinski definition) is 5. The summed E-state index contributed by atoms with van der Waals surface area (Å²) in [4.78, 5) is 7.27. The van der Waals surface area contributed by atoms with Crippen LogP contribution < -0.4 is 20.3 Å². The van der Waals surface area contributed by atoms with Crippen LogP contribution in [0.5, 0.6) is 5.75 Å². The van der Waals surface area contributed by atoms with Gasteiger partial charge in [0, 0.05) is 70.9 Å². The Bertz CT molecular complexity index is 664. The zero-order chi connectivity index (χ0) is 21.7. The Morgan fingerprint density at radius 3 is 2.87 bits per heavy atom. The quantitative estimate of drug-likeness (QED) is 0.318. The lowest BCUT2D eigenvalue weighted by Gasteiger charge is -2.21. The first-order valence-corrected chi connectivity index (χ1v) is 11.8. The maximum atomic E-state index is 5.86. The van der Waals surface area contributed by atoms with Crippen molar-refractivity contribution >= 4 is 11.6 Å². The molecule has 3 rings (SSSR count). The van der Waals surface area contributed by atoms with Crippen LogP contribution in [0.15, 0.2) is 29.3 Å². The Morgan fingerprint density at radius 1 is 1.19 bits per heavy atom. The van der Waals surface area contributed by atoms with Crippen LogP contribution in [0, 0.1) is 11.8 Å². The van der Waals surface area contributed by atoms with Gasteiger partial charge in [-0.3, -0.25) is 4.99 Å². The van der Waals surface area contributed by atoms with Crippen molar-refractivity contribution in [3.05, 3.63) is 24.3 Å². The summed E-state index contributed by atoms with van der Waals surface area (Å²) in [6.07, 6.45) is 4.42. The molecule has 0 spiro atoms. The highest BCUT2D eigenvalue weighted by Crippen LogP contribution is 2.27. The smallest absolute Gasteiger partial charge is 0.191 e. The topological polar surface area (TPSA) is 67.4 Å². The van der Waals surface area contributed by atoms with Crippen molar-refractivity contribution in [2.24, 2.45) is 16.8 Å². The number of nitrogens with zero attached hydrogens (tertiary/aromatic N) is 2. The highest BCUT2D eigenvalue weighted by atomic mass is 16.5. The number of benzene rings is 1. The monoisotopic (exact) mass is 432 g/mol. The highest BCUT2D eigenvalue weighted by Gasteiger charge is 2.23. The molecule has 1 unspecified atom stereocenters. The molecule has 2 aliphatic heterocycles. The molecule has 0 amide bonds. The Kier molecular flexibility index (Phi) is 10.3. The summed E-state index contributed by atoms with van der Waals surface area (Å²) in [5.74, 6) is 3.06. The van der Waals surface area contributed by atoms with Gasteiger partial charge in [-0.05, 0) is 56.6 Å². The van der Waals surface area contributed by atoms with Crippen LogP contribution in [-0.4, -0.2) is 72.2 Å². The molecular weight excluding hydrogens is 392 g/mol. The Labute approximate surface area is 187 Å². The summed E-state index contributed by atoms with van der Waals surface area (Å²) in [5, 5.41) is 6.81. The Hall–Kier alpha value is -1.99. The van der Waals surface area contributed by atoms with E-state index in [9.17, 15) is 0 Å². The minimum Gasteiger partial charge on any atom is -0.497 e. The van der Waals surface area contributed by atoms with Gasteiger partial charge in [-0.25, -0.2) is 0 Å². The first-order valence-electron chi connectivity index (χ1n) is 11.8. The van der Waals surface area contributed by atoms with Crippen LogP contribution in [-0.2, 0) is 9.47 Å². The number of anilines is 1. The van der Waals surface area contributed by atoms with E-state index in [4.69, 9.17) is 19.2 Å². The molecule has 0 aliphatic carbocycles. The maximum Gasteiger partial charge on any atom is 0.191 e. The molecule has 1 atom stereocenters. The van der Waals surface area contributed by atoms with Crippen LogP contribution in [0.2, 0.25) is 0 Å². The van der Waals surface area contributed by atoms with Crippen LogP contribution in [0.3, 0.4) is 0 Å². The molecule has 2 aliphatic rings. The van der Waals surface area contributed by atoms with E-state index in [2.05, 4.69) is 40.7 Å². The van der Waals surface area contributed by atoms with Gasteiger partial charge in [0.25, 0.3) is 0 Å². The molecule has 0 bridgehead atoms. The van der Waals surface area contributed by atoms with E-state index >= 15 is 0 Å². The van der Waals surface area contributed by atoms with Crippen molar-refractivity contribution in [3.8, 4) is 5.75 Å². The fraction of sp³-hybridized carbons (Fsp3) is 0.708. The zero-order valence-electron chi connectivity index (χ0n) is 19.3. The van der Waals surface area contributed by atoms with Gasteiger partial charge in [-0.15, -0.1) is 0 Å². The summed E-state index contributed by atoms with van der Waals surface area (Å²) >= 11 is 0. The molecule has 2 saturated heterocycles. The molecule has 2 fully saturated rings. The minimum absolute atomic E-state index is 0.574. The lowest BCUT2D eigenvalue weighted by Crippen LogP contribution is -2.38. The second-order valence-corrected chi connectivity index (χ2v) is 8.43. The maximum absolute atomic E-state index is 5.86. The lowest BCUT2D eigenvalue weighted by atomic mass is 10.0. The lowest BCUT2D eigenvalue weighted by molar-refractivity contribution is 0.0203. The van der Waals surface area contributed by atoms with Crippen LogP contribution in [0.1, 0.15) is 32.6 Å². The molecule has 2 N–H and O–H groups in total. The third-order valence-electron chi connectivity index (χ3n) is 6.01. The van der Waals surface area contributed by atoms with Crippen molar-refractivity contribution in [1.82, 2.24) is 10.6 Å². The minimum atomic E-state index is 0.574. The molecule has 7 nitrogen and oxygen atoms in total. The third-order valence-corrected chi connectivity index (χ3v) is 6.01. The fourth-order valence-corrected chi connectivity index (χ4v) is 4.13. The van der Waals surface area contributed by atoms with Crippen molar-refractivity contribution in [3.63, 3.8) is 0 Å². The summed E-state index contributed by atoms with van der Waals surface area (Å²) in [6, 6.07) is 8.32. The molecule has 0 radical (unpaired) electrons. The summed E-state index contributed by atoms with van der Waals surface area (Å²) in [5.41, 5.74) is 1.23. The van der Waals surface area contributed by atoms with E-state index in [1.807, 2.05) is 6.07 Å². The zero-order valence-corrected chi connectivity index (χ0v) is 19.3. The van der Waals surface area contributed by atoms with Crippen LogP contribution in [0.25, 0.3) is 0 Å². The number of methoxy groups -OCH3 is 1. The third kappa shape index (κ3) is 8.22. The SMILES string of the molecule is CCNC(=NCC1CCN(c2cccc(OC)c2)C1)NCCCOCC1CCOCC1. The van der Waals surface area contributed by atoms with E-state index in [1.54, 1.807) is 7.11 Å². The van der Waals surface area contributed by atoms with Gasteiger partial charge < -0.3 is 29.7 Å². The van der Waals surface area contributed by atoms with Gasteiger partial charge in [0.2, 0.25) is 0 Å². The summed E-state index contributed by atoms with van der Waals surface area (Å²) < 4.78 is 16.6. The number of aliphatic imine (C=N–C) groups is 1. The van der Waals surface area contributed by atoms with Crippen LogP contribution >= 0.6 is 0 Å². The Morgan fingerprint density at radius 2 is 2.06 bits per heavy atom. The van der Waals surface area contributed by atoms with Crippen molar-refractivity contribution in [1.29, 1.82) is 0 Å². The predicted octanol–water partition coefficient (Wildman–Crippen LogP) is 2.91. The van der Waals surface area contributed by atoms with Crippen molar-refractivity contribution in [2.75, 3.05) is 71.2 Å². The van der Waals surface area contributed by atoms with E-state index in [-0.39, 0.29) is 0 Å². The van der Waals surface area contributed by atoms with Gasteiger partial charge in [-0.2, -0.15) is 0 Å². The Balaban J connectivity index is 1.34. The van der Waals surface area contributed by atoms with E-state index < -0.39 is 0 Å². The molecule has 0 saturated carbocycles. The normalized spacial score (nSPS) is 20.1. The van der Waals surface area contributed by atoms with Gasteiger partial charge in [0.1, 0.15) is 5.75 Å².